The monoisotopic (exact) mass is 402 g/mol. The van der Waals surface area contributed by atoms with Crippen LogP contribution in [0.3, 0.4) is 0 Å². The summed E-state index contributed by atoms with van der Waals surface area (Å²) in [6, 6.07) is 4.76. The molecule has 0 aromatic heterocycles. The van der Waals surface area contributed by atoms with Gasteiger partial charge in [0.05, 0.1) is 12.6 Å². The highest BCUT2D eigenvalue weighted by Gasteiger charge is 2.25. The number of nitrogens with zero attached hydrogens (tertiary/aromatic N) is 1. The zero-order valence-electron chi connectivity index (χ0n) is 15.5. The van der Waals surface area contributed by atoms with E-state index in [1.165, 1.54) is 20.2 Å². The van der Waals surface area contributed by atoms with Crippen LogP contribution < -0.4 is 10.1 Å². The molecule has 0 aliphatic rings. The molecule has 8 heteroatoms. The van der Waals surface area contributed by atoms with Crippen molar-refractivity contribution < 1.29 is 19.2 Å². The van der Waals surface area contributed by atoms with Gasteiger partial charge in [-0.15, -0.1) is 0 Å². The van der Waals surface area contributed by atoms with Crippen molar-refractivity contribution in [3.8, 4) is 5.75 Å². The number of nitrogens with one attached hydrogen (secondary N) is 1. The first-order valence-corrected chi connectivity index (χ1v) is 8.79. The second kappa shape index (κ2) is 9.80. The summed E-state index contributed by atoms with van der Waals surface area (Å²) < 4.78 is 5.71. The zero-order valence-corrected chi connectivity index (χ0v) is 17.0. The maximum atomic E-state index is 12.5. The summed E-state index contributed by atoms with van der Waals surface area (Å²) in [7, 11) is 2.89. The maximum absolute atomic E-state index is 12.5. The molecule has 0 saturated heterocycles. The third kappa shape index (κ3) is 7.23. The van der Waals surface area contributed by atoms with Gasteiger partial charge in [0.1, 0.15) is 5.75 Å². The van der Waals surface area contributed by atoms with Crippen LogP contribution in [0.1, 0.15) is 27.2 Å². The van der Waals surface area contributed by atoms with Crippen molar-refractivity contribution >= 4 is 35.0 Å². The Bertz CT molecular complexity index is 657. The van der Waals surface area contributed by atoms with Gasteiger partial charge in [0.2, 0.25) is 0 Å². The normalized spacial score (nSPS) is 12.7. The summed E-state index contributed by atoms with van der Waals surface area (Å²) in [5.74, 6) is -0.243. The Hall–Kier alpha value is -1.76. The van der Waals surface area contributed by atoms with Crippen LogP contribution in [0.15, 0.2) is 30.4 Å². The van der Waals surface area contributed by atoms with E-state index in [0.29, 0.717) is 22.2 Å². The van der Waals surface area contributed by atoms with E-state index in [0.717, 1.165) is 5.06 Å². The van der Waals surface area contributed by atoms with Gasteiger partial charge in [0.15, 0.2) is 6.10 Å². The third-order valence-electron chi connectivity index (χ3n) is 3.45. The van der Waals surface area contributed by atoms with Gasteiger partial charge >= 0.3 is 0 Å². The van der Waals surface area contributed by atoms with Crippen LogP contribution in [-0.4, -0.2) is 42.7 Å². The number of benzene rings is 1. The molecule has 0 radical (unpaired) electrons. The Kier molecular flexibility index (Phi) is 8.40. The third-order valence-corrected chi connectivity index (χ3v) is 3.89. The van der Waals surface area contributed by atoms with Crippen molar-refractivity contribution in [3.05, 3.63) is 40.4 Å². The lowest BCUT2D eigenvalue weighted by Gasteiger charge is -2.26. The van der Waals surface area contributed by atoms with Gasteiger partial charge in [-0.25, -0.2) is 5.06 Å². The second-order valence-corrected chi connectivity index (χ2v) is 7.06. The summed E-state index contributed by atoms with van der Waals surface area (Å²) in [5, 5.41) is 4.77. The summed E-state index contributed by atoms with van der Waals surface area (Å²) >= 11 is 11.9. The van der Waals surface area contributed by atoms with E-state index >= 15 is 0 Å². The van der Waals surface area contributed by atoms with Gasteiger partial charge in [0, 0.05) is 23.2 Å². The van der Waals surface area contributed by atoms with Crippen LogP contribution >= 0.6 is 23.2 Å². The number of carbonyl (C=O) groups is 2. The molecule has 0 aliphatic heterocycles. The average Bonchev–Trinajstić information content (AvgIpc) is 2.55. The highest BCUT2D eigenvalue weighted by Crippen LogP contribution is 2.25. The molecule has 6 nitrogen and oxygen atoms in total. The molecular formula is C18H24Cl2N2O4. The van der Waals surface area contributed by atoms with Crippen molar-refractivity contribution in [2.45, 2.75) is 38.8 Å². The van der Waals surface area contributed by atoms with Gasteiger partial charge in [0.25, 0.3) is 11.8 Å². The lowest BCUT2D eigenvalue weighted by atomic mass is 10.0. The fraction of sp³-hybridized carbons (Fsp3) is 0.444. The number of hydroxylamine groups is 2. The number of hydrogen-bond donors (Lipinski definition) is 1. The zero-order chi connectivity index (χ0) is 19.9. The Morgan fingerprint density at radius 3 is 2.35 bits per heavy atom. The molecule has 0 spiro atoms. The molecule has 1 aromatic rings. The molecule has 0 bridgehead atoms. The summed E-state index contributed by atoms with van der Waals surface area (Å²) in [5.41, 5.74) is -0.760. The van der Waals surface area contributed by atoms with Crippen molar-refractivity contribution in [1.29, 1.82) is 0 Å². The molecular weight excluding hydrogens is 379 g/mol. The van der Waals surface area contributed by atoms with Crippen molar-refractivity contribution in [3.63, 3.8) is 0 Å². The second-order valence-electron chi connectivity index (χ2n) is 6.18. The van der Waals surface area contributed by atoms with Gasteiger partial charge in [-0.1, -0.05) is 36.2 Å². The first kappa shape index (κ1) is 22.3. The lowest BCUT2D eigenvalue weighted by Crippen LogP contribution is -2.48. The van der Waals surface area contributed by atoms with Gasteiger partial charge < -0.3 is 10.1 Å². The first-order chi connectivity index (χ1) is 12.1. The predicted octanol–water partition coefficient (Wildman–Crippen LogP) is 3.62. The standard InChI is InChI=1S/C18H24Cl2N2O4/c1-6-15(26-14-10-12(19)9-13(20)11-14)17(24)21-18(2,3)8-7-16(23)22(4)25-5/h7-11,15H,6H2,1-5H3,(H,21,24)/b8-7+/t15-/m1/s1. The largest absolute Gasteiger partial charge is 0.481 e. The Morgan fingerprint density at radius 2 is 1.85 bits per heavy atom. The van der Waals surface area contributed by atoms with E-state index in [2.05, 4.69) is 5.32 Å². The van der Waals surface area contributed by atoms with Crippen molar-refractivity contribution in [2.24, 2.45) is 0 Å². The number of hydrogen-bond acceptors (Lipinski definition) is 4. The molecule has 144 valence electrons. The fourth-order valence-electron chi connectivity index (χ4n) is 2.00. The van der Waals surface area contributed by atoms with Gasteiger partial charge in [-0.3, -0.25) is 14.4 Å². The minimum Gasteiger partial charge on any atom is -0.481 e. The van der Waals surface area contributed by atoms with Crippen LogP contribution in [0.25, 0.3) is 0 Å². The Balaban J connectivity index is 2.78. The van der Waals surface area contributed by atoms with E-state index in [1.54, 1.807) is 38.1 Å². The fourth-order valence-corrected chi connectivity index (χ4v) is 2.50. The summed E-state index contributed by atoms with van der Waals surface area (Å²) in [6.07, 6.45) is 2.64. The Labute approximate surface area is 164 Å². The molecule has 1 N–H and O–H groups in total. The van der Waals surface area contributed by atoms with Gasteiger partial charge in [-0.2, -0.15) is 0 Å². The number of likely N-dealkylation sites (N-methyl/N-ethyl adjacent to an activating group) is 1. The first-order valence-electron chi connectivity index (χ1n) is 8.03. The molecule has 1 atom stereocenters. The molecule has 0 unspecified atom stereocenters. The molecule has 26 heavy (non-hydrogen) atoms. The number of carbonyl (C=O) groups excluding carboxylic acids is 2. The highest BCUT2D eigenvalue weighted by molar-refractivity contribution is 6.34. The van der Waals surface area contributed by atoms with Crippen LogP contribution in [0.4, 0.5) is 0 Å². The molecule has 0 saturated carbocycles. The minimum absolute atomic E-state index is 0.314. The summed E-state index contributed by atoms with van der Waals surface area (Å²) in [6.45, 7) is 5.37. The van der Waals surface area contributed by atoms with Crippen molar-refractivity contribution in [2.75, 3.05) is 14.2 Å². The molecule has 2 amide bonds. The SMILES string of the molecule is CC[C@@H](Oc1cc(Cl)cc(Cl)c1)C(=O)NC(C)(C)/C=C/C(=O)N(C)OC. The van der Waals surface area contributed by atoms with Crippen LogP contribution in [0.5, 0.6) is 5.75 Å². The minimum atomic E-state index is -0.760. The molecule has 0 aliphatic carbocycles. The topological polar surface area (TPSA) is 67.9 Å². The lowest BCUT2D eigenvalue weighted by molar-refractivity contribution is -0.162. The number of ether oxygens (including phenoxy) is 1. The smallest absolute Gasteiger partial charge is 0.269 e. The van der Waals surface area contributed by atoms with Crippen LogP contribution in [-0.2, 0) is 14.4 Å². The Morgan fingerprint density at radius 1 is 1.27 bits per heavy atom. The number of amides is 2. The van der Waals surface area contributed by atoms with Crippen LogP contribution in [0, 0.1) is 0 Å². The van der Waals surface area contributed by atoms with E-state index in [4.69, 9.17) is 32.8 Å². The van der Waals surface area contributed by atoms with E-state index < -0.39 is 11.6 Å². The highest BCUT2D eigenvalue weighted by atomic mass is 35.5. The number of halogens is 2. The quantitative estimate of drug-likeness (QED) is 0.532. The molecule has 1 rings (SSSR count). The molecule has 1 aromatic carbocycles. The van der Waals surface area contributed by atoms with E-state index in [-0.39, 0.29) is 11.8 Å². The maximum Gasteiger partial charge on any atom is 0.269 e. The van der Waals surface area contributed by atoms with Crippen LogP contribution in [0.2, 0.25) is 10.0 Å². The summed E-state index contributed by atoms with van der Waals surface area (Å²) in [4.78, 5) is 29.1. The predicted molar refractivity (Wildman–Crippen MR) is 102 cm³/mol. The average molecular weight is 403 g/mol. The number of rotatable bonds is 8. The molecule has 0 heterocycles. The van der Waals surface area contributed by atoms with Crippen molar-refractivity contribution in [1.82, 2.24) is 10.4 Å². The van der Waals surface area contributed by atoms with E-state index in [1.807, 2.05) is 6.92 Å². The van der Waals surface area contributed by atoms with Gasteiger partial charge in [-0.05, 0) is 38.5 Å². The molecule has 0 fully saturated rings. The van der Waals surface area contributed by atoms with E-state index in [9.17, 15) is 9.59 Å².